The lowest BCUT2D eigenvalue weighted by molar-refractivity contribution is -0.142. The van der Waals surface area contributed by atoms with E-state index in [2.05, 4.69) is 12.2 Å². The van der Waals surface area contributed by atoms with Gasteiger partial charge in [-0.15, -0.1) is 0 Å². The largest absolute Gasteiger partial charge is 0.356 e. The monoisotopic (exact) mass is 419 g/mol. The van der Waals surface area contributed by atoms with Crippen LogP contribution in [-0.2, 0) is 14.4 Å². The number of nitrogens with zero attached hydrogens (tertiary/aromatic N) is 2. The molecule has 2 aliphatic heterocycles. The van der Waals surface area contributed by atoms with Crippen molar-refractivity contribution in [1.29, 1.82) is 0 Å². The number of piperidine rings is 1. The Labute approximate surface area is 177 Å². The molecule has 1 aromatic rings. The number of likely N-dealkylation sites (tertiary alicyclic amines) is 1. The van der Waals surface area contributed by atoms with E-state index in [1.165, 1.54) is 0 Å². The van der Waals surface area contributed by atoms with Gasteiger partial charge in [0.05, 0.1) is 11.8 Å². The van der Waals surface area contributed by atoms with Crippen LogP contribution in [0.3, 0.4) is 0 Å². The summed E-state index contributed by atoms with van der Waals surface area (Å²) < 4.78 is 0. The van der Waals surface area contributed by atoms with E-state index in [-0.39, 0.29) is 42.0 Å². The molecule has 0 spiro atoms. The fraction of sp³-hybridized carbons (Fsp3) is 0.591. The SMILES string of the molecule is CCCCNC(=O)C1CCC(C)N(C(=O)C2CC(=O)N(c3ccc(Cl)cc3)C2)C1. The molecule has 1 N–H and O–H groups in total. The summed E-state index contributed by atoms with van der Waals surface area (Å²) in [5.41, 5.74) is 0.759. The number of anilines is 1. The Hall–Kier alpha value is -2.08. The van der Waals surface area contributed by atoms with E-state index in [1.54, 1.807) is 29.2 Å². The molecule has 3 atom stereocenters. The van der Waals surface area contributed by atoms with E-state index >= 15 is 0 Å². The second-order valence-corrected chi connectivity index (χ2v) is 8.58. The molecule has 2 fully saturated rings. The van der Waals surface area contributed by atoms with Gasteiger partial charge in [-0.05, 0) is 50.5 Å². The van der Waals surface area contributed by atoms with Gasteiger partial charge in [0.2, 0.25) is 17.7 Å². The van der Waals surface area contributed by atoms with Crippen molar-refractivity contribution < 1.29 is 14.4 Å². The third kappa shape index (κ3) is 5.10. The van der Waals surface area contributed by atoms with Crippen LogP contribution in [0.1, 0.15) is 46.0 Å². The predicted octanol–water partition coefficient (Wildman–Crippen LogP) is 3.24. The first-order valence-electron chi connectivity index (χ1n) is 10.5. The van der Waals surface area contributed by atoms with Gasteiger partial charge in [0.25, 0.3) is 0 Å². The zero-order valence-electron chi connectivity index (χ0n) is 17.2. The topological polar surface area (TPSA) is 69.7 Å². The van der Waals surface area contributed by atoms with Gasteiger partial charge in [0.15, 0.2) is 0 Å². The molecular formula is C22H30ClN3O3. The molecule has 0 bridgehead atoms. The first-order chi connectivity index (χ1) is 13.9. The van der Waals surface area contributed by atoms with Crippen LogP contribution in [0.15, 0.2) is 24.3 Å². The number of unbranched alkanes of at least 4 members (excludes halogenated alkanes) is 1. The highest BCUT2D eigenvalue weighted by atomic mass is 35.5. The van der Waals surface area contributed by atoms with Crippen LogP contribution in [0.2, 0.25) is 5.02 Å². The molecule has 3 unspecified atom stereocenters. The van der Waals surface area contributed by atoms with Gasteiger partial charge in [-0.25, -0.2) is 0 Å². The average molecular weight is 420 g/mol. The van der Waals surface area contributed by atoms with E-state index in [0.29, 0.717) is 24.7 Å². The minimum atomic E-state index is -0.373. The molecule has 2 aliphatic rings. The fourth-order valence-corrected chi connectivity index (χ4v) is 4.26. The van der Waals surface area contributed by atoms with E-state index in [9.17, 15) is 14.4 Å². The lowest BCUT2D eigenvalue weighted by Gasteiger charge is -2.38. The van der Waals surface area contributed by atoms with Gasteiger partial charge in [-0.3, -0.25) is 14.4 Å². The van der Waals surface area contributed by atoms with Gasteiger partial charge in [0, 0.05) is 42.8 Å². The van der Waals surface area contributed by atoms with Crippen molar-refractivity contribution in [3.63, 3.8) is 0 Å². The van der Waals surface area contributed by atoms with Gasteiger partial charge < -0.3 is 15.1 Å². The number of nitrogens with one attached hydrogen (secondary N) is 1. The van der Waals surface area contributed by atoms with Gasteiger partial charge >= 0.3 is 0 Å². The summed E-state index contributed by atoms with van der Waals surface area (Å²) in [6.45, 7) is 5.60. The molecule has 0 aromatic heterocycles. The van der Waals surface area contributed by atoms with Crippen molar-refractivity contribution in [2.45, 2.75) is 52.0 Å². The van der Waals surface area contributed by atoms with Crippen molar-refractivity contribution in [2.24, 2.45) is 11.8 Å². The van der Waals surface area contributed by atoms with Crippen molar-refractivity contribution in [2.75, 3.05) is 24.5 Å². The summed E-state index contributed by atoms with van der Waals surface area (Å²) in [6, 6.07) is 7.17. The maximum Gasteiger partial charge on any atom is 0.228 e. The highest BCUT2D eigenvalue weighted by molar-refractivity contribution is 6.30. The Kier molecular flexibility index (Phi) is 7.17. The van der Waals surface area contributed by atoms with E-state index in [0.717, 1.165) is 31.4 Å². The molecule has 2 saturated heterocycles. The standard InChI is InChI=1S/C22H30ClN3O3/c1-3-4-11-24-21(28)16-6-5-15(2)25(13-16)22(29)17-12-20(27)26(14-17)19-9-7-18(23)8-10-19/h7-10,15-17H,3-6,11-14H2,1-2H3,(H,24,28). The first-order valence-corrected chi connectivity index (χ1v) is 10.9. The molecule has 2 heterocycles. The highest BCUT2D eigenvalue weighted by Crippen LogP contribution is 2.30. The van der Waals surface area contributed by atoms with Crippen LogP contribution < -0.4 is 10.2 Å². The van der Waals surface area contributed by atoms with Crippen molar-refractivity contribution >= 4 is 35.0 Å². The molecular weight excluding hydrogens is 390 g/mol. The van der Waals surface area contributed by atoms with Crippen LogP contribution in [0, 0.1) is 11.8 Å². The average Bonchev–Trinajstić information content (AvgIpc) is 3.10. The number of hydrogen-bond acceptors (Lipinski definition) is 3. The van der Waals surface area contributed by atoms with E-state index in [1.807, 2.05) is 11.8 Å². The fourth-order valence-electron chi connectivity index (χ4n) is 4.14. The maximum atomic E-state index is 13.2. The number of rotatable bonds is 6. The Morgan fingerprint density at radius 2 is 1.86 bits per heavy atom. The molecule has 3 rings (SSSR count). The zero-order valence-corrected chi connectivity index (χ0v) is 18.0. The zero-order chi connectivity index (χ0) is 21.0. The molecule has 6 nitrogen and oxygen atoms in total. The molecule has 0 saturated carbocycles. The molecule has 0 radical (unpaired) electrons. The Morgan fingerprint density at radius 3 is 2.55 bits per heavy atom. The van der Waals surface area contributed by atoms with E-state index in [4.69, 9.17) is 11.6 Å². The lowest BCUT2D eigenvalue weighted by atomic mass is 9.91. The number of carbonyl (C=O) groups is 3. The normalized spacial score (nSPS) is 24.7. The van der Waals surface area contributed by atoms with Crippen molar-refractivity contribution in [3.8, 4) is 0 Å². The second-order valence-electron chi connectivity index (χ2n) is 8.14. The number of amides is 3. The van der Waals surface area contributed by atoms with Gasteiger partial charge in [-0.1, -0.05) is 24.9 Å². The summed E-state index contributed by atoms with van der Waals surface area (Å²) in [6.07, 6.45) is 3.80. The maximum absolute atomic E-state index is 13.2. The minimum Gasteiger partial charge on any atom is -0.356 e. The highest BCUT2D eigenvalue weighted by Gasteiger charge is 2.40. The van der Waals surface area contributed by atoms with Crippen molar-refractivity contribution in [3.05, 3.63) is 29.3 Å². The first kappa shape index (κ1) is 21.6. The van der Waals surface area contributed by atoms with E-state index < -0.39 is 0 Å². The van der Waals surface area contributed by atoms with Crippen LogP contribution in [-0.4, -0.2) is 48.3 Å². The quantitative estimate of drug-likeness (QED) is 0.719. The predicted molar refractivity (Wildman–Crippen MR) is 114 cm³/mol. The minimum absolute atomic E-state index is 0.0200. The van der Waals surface area contributed by atoms with Crippen molar-refractivity contribution in [1.82, 2.24) is 10.2 Å². The smallest absolute Gasteiger partial charge is 0.228 e. The lowest BCUT2D eigenvalue weighted by Crippen LogP contribution is -2.51. The number of carbonyl (C=O) groups excluding carboxylic acids is 3. The summed E-state index contributed by atoms with van der Waals surface area (Å²) >= 11 is 5.93. The number of halogens is 1. The third-order valence-corrected chi connectivity index (χ3v) is 6.23. The summed E-state index contributed by atoms with van der Waals surface area (Å²) in [4.78, 5) is 41.7. The van der Waals surface area contributed by atoms with Gasteiger partial charge in [0.1, 0.15) is 0 Å². The van der Waals surface area contributed by atoms with Crippen LogP contribution in [0.4, 0.5) is 5.69 Å². The summed E-state index contributed by atoms with van der Waals surface area (Å²) in [7, 11) is 0. The molecule has 158 valence electrons. The molecule has 1 aromatic carbocycles. The Bertz CT molecular complexity index is 752. The number of hydrogen-bond donors (Lipinski definition) is 1. The van der Waals surface area contributed by atoms with Crippen LogP contribution >= 0.6 is 11.6 Å². The molecule has 7 heteroatoms. The summed E-state index contributed by atoms with van der Waals surface area (Å²) in [5.74, 6) is -0.579. The second kappa shape index (κ2) is 9.61. The van der Waals surface area contributed by atoms with Crippen LogP contribution in [0.25, 0.3) is 0 Å². The molecule has 0 aliphatic carbocycles. The molecule has 3 amide bonds. The number of benzene rings is 1. The summed E-state index contributed by atoms with van der Waals surface area (Å²) in [5, 5.41) is 3.60. The Morgan fingerprint density at radius 1 is 1.14 bits per heavy atom. The van der Waals surface area contributed by atoms with Crippen LogP contribution in [0.5, 0.6) is 0 Å². The third-order valence-electron chi connectivity index (χ3n) is 5.98. The molecule has 29 heavy (non-hydrogen) atoms. The van der Waals surface area contributed by atoms with Gasteiger partial charge in [-0.2, -0.15) is 0 Å². The Balaban J connectivity index is 1.63.